The van der Waals surface area contributed by atoms with Crippen LogP contribution in [-0.4, -0.2) is 10.7 Å². The number of aromatic nitrogens is 1. The molecule has 6 aromatic rings. The SMILES string of the molecule is Cc1ccccc1N1c2ccccc2N(c2ccccc2-n2c3ccccc3c3ccccc32)[C@@H]1C. The van der Waals surface area contributed by atoms with Crippen LogP contribution in [0, 0.1) is 6.92 Å². The number of nitrogens with zero attached hydrogens (tertiary/aromatic N) is 3. The average molecular weight is 466 g/mol. The molecule has 7 rings (SSSR count). The summed E-state index contributed by atoms with van der Waals surface area (Å²) in [4.78, 5) is 4.95. The minimum atomic E-state index is 0.109. The Morgan fingerprint density at radius 1 is 0.444 bits per heavy atom. The summed E-state index contributed by atoms with van der Waals surface area (Å²) in [6, 6.07) is 43.7. The maximum Gasteiger partial charge on any atom is 0.108 e. The molecule has 3 heteroatoms. The van der Waals surface area contributed by atoms with E-state index in [0.29, 0.717) is 0 Å². The van der Waals surface area contributed by atoms with Gasteiger partial charge >= 0.3 is 0 Å². The third-order valence-electron chi connectivity index (χ3n) is 7.49. The minimum Gasteiger partial charge on any atom is -0.318 e. The molecular weight excluding hydrogens is 438 g/mol. The van der Waals surface area contributed by atoms with E-state index in [0.717, 1.165) is 0 Å². The molecule has 3 nitrogen and oxygen atoms in total. The first kappa shape index (κ1) is 20.8. The Morgan fingerprint density at radius 2 is 0.833 bits per heavy atom. The first-order valence-electron chi connectivity index (χ1n) is 12.5. The zero-order valence-electron chi connectivity index (χ0n) is 20.5. The van der Waals surface area contributed by atoms with Gasteiger partial charge in [0.2, 0.25) is 0 Å². The maximum atomic E-state index is 2.49. The molecule has 5 aromatic carbocycles. The van der Waals surface area contributed by atoms with Crippen molar-refractivity contribution in [2.45, 2.75) is 20.0 Å². The summed E-state index contributed by atoms with van der Waals surface area (Å²) in [5.41, 5.74) is 9.80. The molecule has 174 valence electrons. The van der Waals surface area contributed by atoms with E-state index in [1.54, 1.807) is 0 Å². The summed E-state index contributed by atoms with van der Waals surface area (Å²) in [7, 11) is 0. The van der Waals surface area contributed by atoms with Gasteiger partial charge in [0.25, 0.3) is 0 Å². The summed E-state index contributed by atoms with van der Waals surface area (Å²) in [5, 5.41) is 2.55. The van der Waals surface area contributed by atoms with Crippen LogP contribution in [-0.2, 0) is 0 Å². The molecule has 0 amide bonds. The second-order valence-electron chi connectivity index (χ2n) is 9.51. The third kappa shape index (κ3) is 2.93. The van der Waals surface area contributed by atoms with Gasteiger partial charge in [-0.2, -0.15) is 0 Å². The monoisotopic (exact) mass is 465 g/mol. The predicted molar refractivity (Wildman–Crippen MR) is 152 cm³/mol. The van der Waals surface area contributed by atoms with Crippen molar-refractivity contribution in [2.24, 2.45) is 0 Å². The molecule has 0 bridgehead atoms. The Morgan fingerprint density at radius 3 is 1.39 bits per heavy atom. The maximum absolute atomic E-state index is 2.49. The fourth-order valence-corrected chi connectivity index (χ4v) is 5.92. The van der Waals surface area contributed by atoms with Gasteiger partial charge < -0.3 is 14.4 Å². The van der Waals surface area contributed by atoms with Crippen LogP contribution >= 0.6 is 0 Å². The molecule has 0 saturated carbocycles. The van der Waals surface area contributed by atoms with E-state index >= 15 is 0 Å². The molecule has 0 unspecified atom stereocenters. The fraction of sp³-hybridized carbons (Fsp3) is 0.0909. The largest absolute Gasteiger partial charge is 0.318 e. The molecule has 0 saturated heterocycles. The number of fused-ring (bicyclic) bond motifs is 4. The lowest BCUT2D eigenvalue weighted by molar-refractivity contribution is 0.758. The minimum absolute atomic E-state index is 0.109. The molecule has 0 radical (unpaired) electrons. The molecular formula is C33H27N3. The van der Waals surface area contributed by atoms with E-state index in [1.165, 1.54) is 55.8 Å². The normalized spacial score (nSPS) is 15.1. The zero-order chi connectivity index (χ0) is 24.2. The highest BCUT2D eigenvalue weighted by atomic mass is 15.4. The molecule has 1 aliphatic heterocycles. The van der Waals surface area contributed by atoms with Crippen LogP contribution in [0.3, 0.4) is 0 Å². The van der Waals surface area contributed by atoms with Gasteiger partial charge in [-0.15, -0.1) is 0 Å². The van der Waals surface area contributed by atoms with Crippen LogP contribution in [0.15, 0.2) is 121 Å². The van der Waals surface area contributed by atoms with Crippen LogP contribution in [0.5, 0.6) is 0 Å². The first-order chi connectivity index (χ1) is 17.7. The Bertz CT molecular complexity index is 1690. The van der Waals surface area contributed by atoms with Gasteiger partial charge in [-0.05, 0) is 61.9 Å². The highest BCUT2D eigenvalue weighted by Crippen LogP contribution is 2.49. The molecule has 1 atom stereocenters. The predicted octanol–water partition coefficient (Wildman–Crippen LogP) is 8.73. The van der Waals surface area contributed by atoms with Gasteiger partial charge in [-0.1, -0.05) is 78.9 Å². The Labute approximate surface area is 211 Å². The lowest BCUT2D eigenvalue weighted by atomic mass is 10.1. The van der Waals surface area contributed by atoms with Gasteiger partial charge in [0.15, 0.2) is 0 Å². The van der Waals surface area contributed by atoms with Crippen molar-refractivity contribution in [1.82, 2.24) is 4.57 Å². The van der Waals surface area contributed by atoms with Crippen LogP contribution < -0.4 is 9.80 Å². The van der Waals surface area contributed by atoms with E-state index in [-0.39, 0.29) is 6.17 Å². The van der Waals surface area contributed by atoms with Crippen molar-refractivity contribution >= 4 is 44.6 Å². The lowest BCUT2D eigenvalue weighted by Crippen LogP contribution is -2.36. The standard InChI is InChI=1S/C33H27N3/c1-23-13-3-6-16-27(23)34-24(2)35(31-20-10-9-19-30(31)34)32-21-11-12-22-33(32)36-28-17-7-4-14-25(28)26-15-5-8-18-29(26)36/h3-22,24H,1-2H3/t24-/m1/s1. The summed E-state index contributed by atoms with van der Waals surface area (Å²) < 4.78 is 2.42. The summed E-state index contributed by atoms with van der Waals surface area (Å²) in [6.45, 7) is 4.49. The van der Waals surface area contributed by atoms with Gasteiger partial charge in [0.05, 0.1) is 33.8 Å². The number of benzene rings is 5. The van der Waals surface area contributed by atoms with Gasteiger partial charge in [-0.25, -0.2) is 0 Å². The van der Waals surface area contributed by atoms with E-state index in [1.807, 2.05) is 0 Å². The molecule has 36 heavy (non-hydrogen) atoms. The highest BCUT2D eigenvalue weighted by Gasteiger charge is 2.36. The van der Waals surface area contributed by atoms with E-state index in [4.69, 9.17) is 0 Å². The lowest BCUT2D eigenvalue weighted by Gasteiger charge is -2.32. The van der Waals surface area contributed by atoms with Crippen molar-refractivity contribution in [1.29, 1.82) is 0 Å². The van der Waals surface area contributed by atoms with Crippen LogP contribution in [0.25, 0.3) is 27.5 Å². The van der Waals surface area contributed by atoms with Crippen LogP contribution in [0.4, 0.5) is 22.7 Å². The van der Waals surface area contributed by atoms with Gasteiger partial charge in [0.1, 0.15) is 6.17 Å². The zero-order valence-corrected chi connectivity index (χ0v) is 20.5. The van der Waals surface area contributed by atoms with Crippen LogP contribution in [0.2, 0.25) is 0 Å². The van der Waals surface area contributed by atoms with E-state index in [9.17, 15) is 0 Å². The molecule has 1 aliphatic rings. The van der Waals surface area contributed by atoms with Crippen molar-refractivity contribution in [3.63, 3.8) is 0 Å². The Kier molecular flexibility index (Phi) is 4.65. The number of para-hydroxylation sites is 7. The number of rotatable bonds is 3. The highest BCUT2D eigenvalue weighted by molar-refractivity contribution is 6.09. The second-order valence-corrected chi connectivity index (χ2v) is 9.51. The fourth-order valence-electron chi connectivity index (χ4n) is 5.92. The number of aryl methyl sites for hydroxylation is 1. The van der Waals surface area contributed by atoms with Crippen molar-refractivity contribution < 1.29 is 0 Å². The van der Waals surface area contributed by atoms with Crippen LogP contribution in [0.1, 0.15) is 12.5 Å². The number of hydrogen-bond acceptors (Lipinski definition) is 2. The topological polar surface area (TPSA) is 11.4 Å². The Hall–Kier alpha value is -4.50. The smallest absolute Gasteiger partial charge is 0.108 e. The van der Waals surface area contributed by atoms with Crippen molar-refractivity contribution in [2.75, 3.05) is 9.80 Å². The second kappa shape index (κ2) is 8.03. The number of hydrogen-bond donors (Lipinski definition) is 0. The van der Waals surface area contributed by atoms with E-state index in [2.05, 4.69) is 150 Å². The first-order valence-corrected chi connectivity index (χ1v) is 12.5. The Balaban J connectivity index is 1.49. The molecule has 0 N–H and O–H groups in total. The molecule has 0 aliphatic carbocycles. The van der Waals surface area contributed by atoms with Gasteiger partial charge in [0, 0.05) is 16.5 Å². The number of anilines is 4. The third-order valence-corrected chi connectivity index (χ3v) is 7.49. The molecule has 0 spiro atoms. The molecule has 1 aromatic heterocycles. The average Bonchev–Trinajstić information content (AvgIpc) is 3.41. The van der Waals surface area contributed by atoms with E-state index < -0.39 is 0 Å². The summed E-state index contributed by atoms with van der Waals surface area (Å²) in [6.07, 6.45) is 0.109. The van der Waals surface area contributed by atoms with Crippen molar-refractivity contribution in [3.05, 3.63) is 127 Å². The summed E-state index contributed by atoms with van der Waals surface area (Å²) in [5.74, 6) is 0. The van der Waals surface area contributed by atoms with Crippen molar-refractivity contribution in [3.8, 4) is 5.69 Å². The molecule has 2 heterocycles. The molecule has 0 fully saturated rings. The quantitative estimate of drug-likeness (QED) is 0.259. The van der Waals surface area contributed by atoms with Gasteiger partial charge in [-0.3, -0.25) is 0 Å². The summed E-state index contributed by atoms with van der Waals surface area (Å²) >= 11 is 0.